The maximum Gasteiger partial charge on any atom is 0.269 e. The predicted molar refractivity (Wildman–Crippen MR) is 153 cm³/mol. The minimum Gasteiger partial charge on any atom is -0.352 e. The normalized spacial score (nSPS) is 11.7. The largest absolute Gasteiger partial charge is 0.352 e. The van der Waals surface area contributed by atoms with Crippen LogP contribution in [-0.4, -0.2) is 39.5 Å². The molecule has 3 aromatic carbocycles. The molecule has 2 amide bonds. The first-order chi connectivity index (χ1) is 18.1. The summed E-state index contributed by atoms with van der Waals surface area (Å²) in [4.78, 5) is 39.1. The van der Waals surface area contributed by atoms with Crippen molar-refractivity contribution in [3.8, 4) is 0 Å². The number of amides is 2. The second-order valence-corrected chi connectivity index (χ2v) is 10.9. The van der Waals surface area contributed by atoms with E-state index in [0.29, 0.717) is 22.2 Å². The molecule has 0 spiro atoms. The maximum atomic E-state index is 13.6. The van der Waals surface area contributed by atoms with Gasteiger partial charge in [-0.15, -0.1) is 11.8 Å². The summed E-state index contributed by atoms with van der Waals surface area (Å²) in [6, 6.07) is 20.1. The van der Waals surface area contributed by atoms with Gasteiger partial charge >= 0.3 is 0 Å². The Kier molecular flexibility index (Phi) is 11.0. The highest BCUT2D eigenvalue weighted by atomic mass is 35.5. The Balaban J connectivity index is 1.84. The van der Waals surface area contributed by atoms with Crippen molar-refractivity contribution in [1.29, 1.82) is 0 Å². The number of benzene rings is 3. The quantitative estimate of drug-likeness (QED) is 0.203. The van der Waals surface area contributed by atoms with Gasteiger partial charge < -0.3 is 10.2 Å². The van der Waals surface area contributed by atoms with Gasteiger partial charge in [0, 0.05) is 36.9 Å². The zero-order chi connectivity index (χ0) is 27.7. The highest BCUT2D eigenvalue weighted by Crippen LogP contribution is 2.25. The van der Waals surface area contributed by atoms with Crippen LogP contribution in [-0.2, 0) is 28.3 Å². The number of nitrogens with zero attached hydrogens (tertiary/aromatic N) is 2. The smallest absolute Gasteiger partial charge is 0.269 e. The van der Waals surface area contributed by atoms with Crippen LogP contribution in [0.5, 0.6) is 0 Å². The molecule has 1 unspecified atom stereocenters. The van der Waals surface area contributed by atoms with E-state index in [2.05, 4.69) is 5.32 Å². The van der Waals surface area contributed by atoms with Crippen LogP contribution in [0.4, 0.5) is 5.69 Å². The minimum absolute atomic E-state index is 0.0162. The monoisotopic (exact) mass is 573 g/mol. The Bertz CT molecular complexity index is 1260. The van der Waals surface area contributed by atoms with Gasteiger partial charge in [0.15, 0.2) is 0 Å². The van der Waals surface area contributed by atoms with Gasteiger partial charge in [-0.3, -0.25) is 19.7 Å². The molecule has 0 aliphatic heterocycles. The summed E-state index contributed by atoms with van der Waals surface area (Å²) in [5.41, 5.74) is 2.57. The molecule has 38 heavy (non-hydrogen) atoms. The standard InChI is InChI=1S/C28H29Cl2N3O4S/c1-19(2)31-28(35)26(15-20-6-4-3-5-7-20)32(16-22-10-13-24(29)25(30)14-22)27(34)18-38-17-21-8-11-23(12-9-21)33(36)37/h3-14,19,26H,15-18H2,1-2H3,(H,31,35). The first-order valence-electron chi connectivity index (χ1n) is 12.0. The van der Waals surface area contributed by atoms with Gasteiger partial charge in [-0.1, -0.05) is 71.7 Å². The van der Waals surface area contributed by atoms with Gasteiger partial charge in [-0.25, -0.2) is 0 Å². The van der Waals surface area contributed by atoms with E-state index in [-0.39, 0.29) is 35.8 Å². The van der Waals surface area contributed by atoms with Crippen molar-refractivity contribution >= 4 is 52.5 Å². The molecule has 0 radical (unpaired) electrons. The first-order valence-corrected chi connectivity index (χ1v) is 13.9. The molecule has 3 aromatic rings. The number of nitro benzene ring substituents is 1. The van der Waals surface area contributed by atoms with Crippen molar-refractivity contribution in [2.24, 2.45) is 0 Å². The fraction of sp³-hybridized carbons (Fsp3) is 0.286. The van der Waals surface area contributed by atoms with Gasteiger partial charge in [-0.05, 0) is 42.7 Å². The lowest BCUT2D eigenvalue weighted by Gasteiger charge is -2.32. The van der Waals surface area contributed by atoms with E-state index >= 15 is 0 Å². The Morgan fingerprint density at radius 2 is 1.61 bits per heavy atom. The molecule has 0 aliphatic carbocycles. The van der Waals surface area contributed by atoms with Gasteiger partial charge in [0.1, 0.15) is 6.04 Å². The van der Waals surface area contributed by atoms with Crippen molar-refractivity contribution in [3.63, 3.8) is 0 Å². The summed E-state index contributed by atoms with van der Waals surface area (Å²) >= 11 is 13.7. The molecule has 10 heteroatoms. The zero-order valence-electron chi connectivity index (χ0n) is 21.1. The number of non-ortho nitro benzene ring substituents is 1. The second-order valence-electron chi connectivity index (χ2n) is 9.06. The SMILES string of the molecule is CC(C)NC(=O)C(Cc1ccccc1)N(Cc1ccc(Cl)c(Cl)c1)C(=O)CSCc1ccc([N+](=O)[O-])cc1. The molecule has 1 N–H and O–H groups in total. The summed E-state index contributed by atoms with van der Waals surface area (Å²) in [6.45, 7) is 3.93. The predicted octanol–water partition coefficient (Wildman–Crippen LogP) is 6.30. The lowest BCUT2D eigenvalue weighted by Crippen LogP contribution is -2.52. The lowest BCUT2D eigenvalue weighted by molar-refractivity contribution is -0.384. The number of nitrogens with one attached hydrogen (secondary N) is 1. The van der Waals surface area contributed by atoms with E-state index in [0.717, 1.165) is 16.7 Å². The van der Waals surface area contributed by atoms with Crippen LogP contribution in [0.25, 0.3) is 0 Å². The third kappa shape index (κ3) is 8.75. The molecule has 0 fully saturated rings. The molecule has 0 aliphatic rings. The zero-order valence-corrected chi connectivity index (χ0v) is 23.4. The Labute approximate surface area is 236 Å². The van der Waals surface area contributed by atoms with Gasteiger partial charge in [0.25, 0.3) is 5.69 Å². The number of carbonyl (C=O) groups is 2. The molecule has 0 saturated carbocycles. The Morgan fingerprint density at radius 3 is 2.21 bits per heavy atom. The highest BCUT2D eigenvalue weighted by molar-refractivity contribution is 7.99. The molecule has 0 heterocycles. The van der Waals surface area contributed by atoms with Crippen molar-refractivity contribution in [2.75, 3.05) is 5.75 Å². The number of halogens is 2. The van der Waals surface area contributed by atoms with E-state index in [4.69, 9.17) is 23.2 Å². The summed E-state index contributed by atoms with van der Waals surface area (Å²) in [5.74, 6) is 0.171. The van der Waals surface area contributed by atoms with Crippen molar-refractivity contribution in [1.82, 2.24) is 10.2 Å². The average Bonchev–Trinajstić information content (AvgIpc) is 2.88. The van der Waals surface area contributed by atoms with Crippen LogP contribution in [0, 0.1) is 10.1 Å². The van der Waals surface area contributed by atoms with E-state index in [1.165, 1.54) is 23.9 Å². The number of thioether (sulfide) groups is 1. The van der Waals surface area contributed by atoms with E-state index in [1.54, 1.807) is 35.2 Å². The summed E-state index contributed by atoms with van der Waals surface area (Å²) in [7, 11) is 0. The number of hydrogen-bond donors (Lipinski definition) is 1. The number of rotatable bonds is 12. The second kappa shape index (κ2) is 14.2. The Hall–Kier alpha value is -3.07. The van der Waals surface area contributed by atoms with Crippen molar-refractivity contribution in [3.05, 3.63) is 110 Å². The molecule has 7 nitrogen and oxygen atoms in total. The molecule has 0 aromatic heterocycles. The van der Waals surface area contributed by atoms with E-state index < -0.39 is 11.0 Å². The lowest BCUT2D eigenvalue weighted by atomic mass is 10.0. The van der Waals surface area contributed by atoms with Crippen molar-refractivity contribution < 1.29 is 14.5 Å². The molecule has 3 rings (SSSR count). The van der Waals surface area contributed by atoms with Crippen molar-refractivity contribution in [2.45, 2.75) is 44.6 Å². The minimum atomic E-state index is -0.748. The molecular weight excluding hydrogens is 545 g/mol. The summed E-state index contributed by atoms with van der Waals surface area (Å²) < 4.78 is 0. The molecular formula is C28H29Cl2N3O4S. The van der Waals surface area contributed by atoms with Gasteiger partial charge in [0.05, 0.1) is 20.7 Å². The number of nitro groups is 1. The summed E-state index contributed by atoms with van der Waals surface area (Å²) in [6.07, 6.45) is 0.347. The van der Waals surface area contributed by atoms with E-state index in [9.17, 15) is 19.7 Å². The number of carbonyl (C=O) groups excluding carboxylic acids is 2. The molecule has 200 valence electrons. The summed E-state index contributed by atoms with van der Waals surface area (Å²) in [5, 5.41) is 14.6. The van der Waals surface area contributed by atoms with E-state index in [1.807, 2.05) is 44.2 Å². The van der Waals surface area contributed by atoms with Crippen LogP contribution in [0.15, 0.2) is 72.8 Å². The third-order valence-electron chi connectivity index (χ3n) is 5.68. The molecule has 0 bridgehead atoms. The molecule has 1 atom stereocenters. The molecule has 0 saturated heterocycles. The van der Waals surface area contributed by atoms with Crippen LogP contribution < -0.4 is 5.32 Å². The van der Waals surface area contributed by atoms with Crippen LogP contribution in [0.3, 0.4) is 0 Å². The number of hydrogen-bond acceptors (Lipinski definition) is 5. The van der Waals surface area contributed by atoms with Crippen LogP contribution in [0.2, 0.25) is 10.0 Å². The van der Waals surface area contributed by atoms with Gasteiger partial charge in [-0.2, -0.15) is 0 Å². The fourth-order valence-electron chi connectivity index (χ4n) is 3.82. The third-order valence-corrected chi connectivity index (χ3v) is 7.41. The van der Waals surface area contributed by atoms with Crippen LogP contribution >= 0.6 is 35.0 Å². The maximum absolute atomic E-state index is 13.6. The van der Waals surface area contributed by atoms with Gasteiger partial charge in [0.2, 0.25) is 11.8 Å². The Morgan fingerprint density at radius 1 is 0.947 bits per heavy atom. The first kappa shape index (κ1) is 29.5. The van der Waals surface area contributed by atoms with Crippen LogP contribution in [0.1, 0.15) is 30.5 Å². The highest BCUT2D eigenvalue weighted by Gasteiger charge is 2.30. The average molecular weight is 575 g/mol. The fourth-order valence-corrected chi connectivity index (χ4v) is 5.01. The topological polar surface area (TPSA) is 92.6 Å².